The van der Waals surface area contributed by atoms with Crippen molar-refractivity contribution >= 4 is 58.1 Å². The van der Waals surface area contributed by atoms with Gasteiger partial charge in [-0.1, -0.05) is 13.8 Å². The Labute approximate surface area is 226 Å². The second kappa shape index (κ2) is 11.7. The predicted molar refractivity (Wildman–Crippen MR) is 157 cm³/mol. The molecule has 0 fully saturated rings. The number of hydrogen-bond donors (Lipinski definition) is 4. The fraction of sp³-hybridized carbons (Fsp3) is 0.385. The third kappa shape index (κ3) is 6.03. The first-order valence-corrected chi connectivity index (χ1v) is 13.2. The summed E-state index contributed by atoms with van der Waals surface area (Å²) < 4.78 is 5.68. The van der Waals surface area contributed by atoms with Crippen molar-refractivity contribution in [1.29, 1.82) is 0 Å². The number of anilines is 4. The molecule has 1 amide bonds. The molecule has 2 aromatic heterocycles. The van der Waals surface area contributed by atoms with Gasteiger partial charge in [0.25, 0.3) is 0 Å². The topological polar surface area (TPSA) is 137 Å². The van der Waals surface area contributed by atoms with E-state index in [2.05, 4.69) is 39.4 Å². The minimum Gasteiger partial charge on any atom is -0.495 e. The number of nitrogens with zero attached hydrogens (tertiary/aromatic N) is 5. The molecular weight excluding hydrogens is 502 g/mol. The van der Waals surface area contributed by atoms with E-state index in [1.165, 1.54) is 0 Å². The first-order chi connectivity index (χ1) is 18.2. The van der Waals surface area contributed by atoms with Gasteiger partial charge in [0, 0.05) is 36.9 Å². The number of methoxy groups -OCH3 is 1. The maximum atomic E-state index is 12.9. The van der Waals surface area contributed by atoms with Crippen LogP contribution in [0, 0.1) is 0 Å². The minimum absolute atomic E-state index is 0.0510. The number of benzene rings is 1. The Balaban J connectivity index is 1.71. The van der Waals surface area contributed by atoms with E-state index in [1.807, 2.05) is 48.3 Å². The SMILES string of the molecule is CN=CC(Nc1nc(Nc2cc3c(cc2OC)CCN3C(=O)CN(C)C)nc2cc[nH]c12)=C(N)SC(C)C. The summed E-state index contributed by atoms with van der Waals surface area (Å²) in [5.74, 6) is 1.61. The molecule has 0 saturated heterocycles. The lowest BCUT2D eigenvalue weighted by atomic mass is 10.1. The molecule has 0 saturated carbocycles. The van der Waals surface area contributed by atoms with E-state index in [9.17, 15) is 4.79 Å². The first kappa shape index (κ1) is 27.3. The molecule has 3 aromatic rings. The predicted octanol–water partition coefficient (Wildman–Crippen LogP) is 3.54. The van der Waals surface area contributed by atoms with Gasteiger partial charge in [-0.05, 0) is 44.3 Å². The van der Waals surface area contributed by atoms with E-state index in [4.69, 9.17) is 15.5 Å². The van der Waals surface area contributed by atoms with Crippen molar-refractivity contribution in [3.05, 3.63) is 40.7 Å². The third-order valence-electron chi connectivity index (χ3n) is 5.84. The molecule has 3 heterocycles. The number of aromatic amines is 1. The van der Waals surface area contributed by atoms with Gasteiger partial charge in [-0.15, -0.1) is 11.8 Å². The summed E-state index contributed by atoms with van der Waals surface area (Å²) >= 11 is 1.54. The van der Waals surface area contributed by atoms with Crippen molar-refractivity contribution in [2.24, 2.45) is 10.7 Å². The van der Waals surface area contributed by atoms with Crippen LogP contribution in [0.15, 0.2) is 40.1 Å². The molecule has 0 bridgehead atoms. The van der Waals surface area contributed by atoms with Crippen LogP contribution in [-0.4, -0.2) is 78.6 Å². The second-order valence-electron chi connectivity index (χ2n) is 9.43. The van der Waals surface area contributed by atoms with Crippen LogP contribution in [0.4, 0.5) is 23.1 Å². The zero-order chi connectivity index (χ0) is 27.4. The molecule has 0 spiro atoms. The number of allylic oxidation sites excluding steroid dienone is 1. The molecule has 0 aliphatic carbocycles. The number of nitrogens with two attached hydrogens (primary N) is 1. The average molecular weight is 538 g/mol. The highest BCUT2D eigenvalue weighted by Crippen LogP contribution is 2.38. The van der Waals surface area contributed by atoms with Gasteiger partial charge in [0.05, 0.1) is 35.6 Å². The normalized spacial score (nSPS) is 13.9. The summed E-state index contributed by atoms with van der Waals surface area (Å²) in [6.07, 6.45) is 4.26. The number of rotatable bonds is 10. The van der Waals surface area contributed by atoms with Crippen LogP contribution in [0.25, 0.3) is 11.0 Å². The highest BCUT2D eigenvalue weighted by atomic mass is 32.2. The van der Waals surface area contributed by atoms with Gasteiger partial charge >= 0.3 is 0 Å². The van der Waals surface area contributed by atoms with Crippen LogP contribution in [0.3, 0.4) is 0 Å². The number of nitrogens with one attached hydrogen (secondary N) is 3. The highest BCUT2D eigenvalue weighted by molar-refractivity contribution is 8.03. The molecule has 202 valence electrons. The lowest BCUT2D eigenvalue weighted by Gasteiger charge is -2.21. The molecule has 38 heavy (non-hydrogen) atoms. The number of carbonyl (C=O) groups excluding carboxylic acids is 1. The summed E-state index contributed by atoms with van der Waals surface area (Å²) in [6.45, 7) is 5.13. The Morgan fingerprint density at radius 2 is 2.16 bits per heavy atom. The fourth-order valence-electron chi connectivity index (χ4n) is 4.24. The Hall–Kier alpha value is -3.77. The molecule has 0 radical (unpaired) electrons. The van der Waals surface area contributed by atoms with Crippen LogP contribution in [0.2, 0.25) is 0 Å². The van der Waals surface area contributed by atoms with Crippen LogP contribution >= 0.6 is 11.8 Å². The van der Waals surface area contributed by atoms with Crippen molar-refractivity contribution < 1.29 is 9.53 Å². The van der Waals surface area contributed by atoms with E-state index in [0.717, 1.165) is 28.7 Å². The lowest BCUT2D eigenvalue weighted by molar-refractivity contribution is -0.119. The van der Waals surface area contributed by atoms with Gasteiger partial charge in [0.2, 0.25) is 11.9 Å². The van der Waals surface area contributed by atoms with E-state index in [0.29, 0.717) is 52.3 Å². The van der Waals surface area contributed by atoms with Gasteiger partial charge in [-0.2, -0.15) is 4.98 Å². The van der Waals surface area contributed by atoms with Crippen molar-refractivity contribution in [3.8, 4) is 5.75 Å². The Morgan fingerprint density at radius 1 is 1.37 bits per heavy atom. The van der Waals surface area contributed by atoms with E-state index >= 15 is 0 Å². The first-order valence-electron chi connectivity index (χ1n) is 12.3. The Kier molecular flexibility index (Phi) is 8.42. The van der Waals surface area contributed by atoms with Gasteiger partial charge in [0.15, 0.2) is 5.82 Å². The Morgan fingerprint density at radius 3 is 2.84 bits per heavy atom. The molecule has 1 aliphatic heterocycles. The molecule has 12 heteroatoms. The molecule has 5 N–H and O–H groups in total. The van der Waals surface area contributed by atoms with Crippen LogP contribution < -0.4 is 26.0 Å². The molecule has 11 nitrogen and oxygen atoms in total. The van der Waals surface area contributed by atoms with Gasteiger partial charge in [-0.25, -0.2) is 4.98 Å². The lowest BCUT2D eigenvalue weighted by Crippen LogP contribution is -2.36. The van der Waals surface area contributed by atoms with Crippen molar-refractivity contribution in [3.63, 3.8) is 0 Å². The maximum absolute atomic E-state index is 12.9. The van der Waals surface area contributed by atoms with E-state index in [-0.39, 0.29) is 5.91 Å². The zero-order valence-corrected chi connectivity index (χ0v) is 23.4. The number of ether oxygens (including phenoxy) is 1. The second-order valence-corrected chi connectivity index (χ2v) is 11.0. The number of likely N-dealkylation sites (N-methyl/N-ethyl adjacent to an activating group) is 1. The van der Waals surface area contributed by atoms with Gasteiger partial charge < -0.3 is 35.9 Å². The number of fused-ring (bicyclic) bond motifs is 2. The molecule has 0 atom stereocenters. The molecular formula is C26H35N9O2S. The molecule has 1 aliphatic rings. The number of H-pyrrole nitrogens is 1. The molecule has 4 rings (SSSR count). The van der Waals surface area contributed by atoms with Crippen LogP contribution in [0.1, 0.15) is 19.4 Å². The summed E-state index contributed by atoms with van der Waals surface area (Å²) in [4.78, 5) is 33.3. The smallest absolute Gasteiger partial charge is 0.241 e. The van der Waals surface area contributed by atoms with Crippen molar-refractivity contribution in [1.82, 2.24) is 19.9 Å². The van der Waals surface area contributed by atoms with E-state index < -0.39 is 0 Å². The van der Waals surface area contributed by atoms with E-state index in [1.54, 1.807) is 32.1 Å². The minimum atomic E-state index is 0.0510. The standard InChI is InChI=1S/C26H35N9O2S/c1-15(2)38-24(27)19(13-28-3)30-25-23-17(7-9-29-23)31-26(33-25)32-18-12-20-16(11-21(18)37-6)8-10-35(20)22(36)14-34(4)5/h7,9,11-13,15,29H,8,10,14,27H2,1-6H3,(H2,30,31,32,33). The van der Waals surface area contributed by atoms with Crippen LogP contribution in [-0.2, 0) is 11.2 Å². The summed E-state index contributed by atoms with van der Waals surface area (Å²) in [7, 11) is 7.09. The molecule has 1 aromatic carbocycles. The summed E-state index contributed by atoms with van der Waals surface area (Å²) in [5.41, 5.74) is 11.1. The van der Waals surface area contributed by atoms with Crippen LogP contribution in [0.5, 0.6) is 5.75 Å². The van der Waals surface area contributed by atoms with Crippen molar-refractivity contribution in [2.75, 3.05) is 56.9 Å². The largest absolute Gasteiger partial charge is 0.495 e. The Bertz CT molecular complexity index is 1380. The van der Waals surface area contributed by atoms with Gasteiger partial charge in [-0.3, -0.25) is 9.79 Å². The van der Waals surface area contributed by atoms with Gasteiger partial charge in [0.1, 0.15) is 11.3 Å². The number of carbonyl (C=O) groups is 1. The van der Waals surface area contributed by atoms with Crippen molar-refractivity contribution in [2.45, 2.75) is 25.5 Å². The summed E-state index contributed by atoms with van der Waals surface area (Å²) in [5, 5.41) is 7.55. The number of aromatic nitrogens is 3. The molecule has 0 unspecified atom stereocenters. The fourth-order valence-corrected chi connectivity index (χ4v) is 4.98. The third-order valence-corrected chi connectivity index (χ3v) is 6.79. The number of amides is 1. The number of aliphatic imine (C=N–C) groups is 1. The quantitative estimate of drug-likeness (QED) is 0.286. The maximum Gasteiger partial charge on any atom is 0.241 e. The monoisotopic (exact) mass is 537 g/mol. The average Bonchev–Trinajstić information content (AvgIpc) is 3.49. The highest BCUT2D eigenvalue weighted by Gasteiger charge is 2.27. The number of thioether (sulfide) groups is 1. The zero-order valence-electron chi connectivity index (χ0n) is 22.6. The number of hydrogen-bond acceptors (Lipinski definition) is 10. The summed E-state index contributed by atoms with van der Waals surface area (Å²) in [6, 6.07) is 5.77.